The first-order valence-electron chi connectivity index (χ1n) is 14.5. The molecule has 4 atom stereocenters. The Morgan fingerprint density at radius 3 is 2.25 bits per heavy atom. The fourth-order valence-electron chi connectivity index (χ4n) is 5.79. The lowest BCUT2D eigenvalue weighted by atomic mass is 9.97. The quantitative estimate of drug-likeness (QED) is 0.183. The van der Waals surface area contributed by atoms with Crippen LogP contribution in [0, 0.1) is 5.92 Å². The zero-order valence-electron chi connectivity index (χ0n) is 24.2. The maximum absolute atomic E-state index is 12.9. The molecule has 4 heterocycles. The van der Waals surface area contributed by atoms with Gasteiger partial charge in [-0.2, -0.15) is 15.0 Å². The Hall–Kier alpha value is -4.37. The number of amides is 1. The first-order chi connectivity index (χ1) is 21.1. The number of nitrogens with one attached hydrogen (secondary N) is 3. The molecule has 2 saturated heterocycles. The summed E-state index contributed by atoms with van der Waals surface area (Å²) in [6.45, 7) is 4.69. The maximum atomic E-state index is 12.9. The summed E-state index contributed by atoms with van der Waals surface area (Å²) in [5.41, 5.74) is 19.9. The van der Waals surface area contributed by atoms with Crippen molar-refractivity contribution in [1.82, 2.24) is 24.9 Å². The van der Waals surface area contributed by atoms with Gasteiger partial charge in [-0.1, -0.05) is 30.7 Å². The van der Waals surface area contributed by atoms with Crippen molar-refractivity contribution in [2.45, 2.75) is 37.9 Å². The zero-order valence-corrected chi connectivity index (χ0v) is 25.0. The topological polar surface area (TPSA) is 210 Å². The van der Waals surface area contributed by atoms with Crippen LogP contribution in [0.25, 0.3) is 11.0 Å². The van der Waals surface area contributed by atoms with E-state index in [1.165, 1.54) is 0 Å². The van der Waals surface area contributed by atoms with E-state index in [9.17, 15) is 9.59 Å². The van der Waals surface area contributed by atoms with Crippen molar-refractivity contribution in [3.05, 3.63) is 63.5 Å². The molecule has 1 amide bonds. The predicted molar refractivity (Wildman–Crippen MR) is 172 cm³/mol. The Labute approximate surface area is 258 Å². The van der Waals surface area contributed by atoms with Crippen molar-refractivity contribution in [3.63, 3.8) is 0 Å². The van der Waals surface area contributed by atoms with Crippen molar-refractivity contribution in [1.29, 1.82) is 0 Å². The largest absolute Gasteiger partial charge is 0.339 e. The van der Waals surface area contributed by atoms with Gasteiger partial charge in [-0.15, -0.1) is 0 Å². The van der Waals surface area contributed by atoms with Gasteiger partial charge in [-0.05, 0) is 49.1 Å². The molecule has 2 fully saturated rings. The molecule has 15 heteroatoms. The van der Waals surface area contributed by atoms with Gasteiger partial charge in [0.15, 0.2) is 5.69 Å². The molecule has 0 bridgehead atoms. The molecule has 4 aromatic rings. The summed E-state index contributed by atoms with van der Waals surface area (Å²) in [5, 5.41) is 6.12. The summed E-state index contributed by atoms with van der Waals surface area (Å²) in [4.78, 5) is 50.6. The maximum Gasteiger partial charge on any atom is 0.280 e. The molecule has 0 spiro atoms. The Bertz CT molecular complexity index is 1690. The van der Waals surface area contributed by atoms with Crippen LogP contribution in [0.2, 0.25) is 5.02 Å². The highest BCUT2D eigenvalue weighted by atomic mass is 35.5. The first-order valence-corrected chi connectivity index (χ1v) is 14.9. The van der Waals surface area contributed by atoms with Crippen LogP contribution in [0.15, 0.2) is 47.3 Å². The van der Waals surface area contributed by atoms with Gasteiger partial charge in [0.2, 0.25) is 17.8 Å². The van der Waals surface area contributed by atoms with Crippen LogP contribution in [-0.2, 0) is 0 Å². The summed E-state index contributed by atoms with van der Waals surface area (Å²) in [6, 6.07) is 11.8. The lowest BCUT2D eigenvalue weighted by Crippen LogP contribution is -2.53. The summed E-state index contributed by atoms with van der Waals surface area (Å²) < 4.78 is 0. The summed E-state index contributed by atoms with van der Waals surface area (Å²) >= 11 is 6.56. The Kier molecular flexibility index (Phi) is 8.31. The molecular formula is C29H35ClN12O2. The third kappa shape index (κ3) is 6.58. The van der Waals surface area contributed by atoms with Gasteiger partial charge in [0.1, 0.15) is 0 Å². The number of carbonyl (C=O) groups is 1. The Balaban J connectivity index is 1.25. The molecule has 0 unspecified atom stereocenters. The molecule has 44 heavy (non-hydrogen) atoms. The summed E-state index contributed by atoms with van der Waals surface area (Å²) in [5.74, 6) is 0.991. The van der Waals surface area contributed by atoms with Crippen molar-refractivity contribution in [2.75, 3.05) is 46.6 Å². The minimum atomic E-state index is -0.682. The van der Waals surface area contributed by atoms with E-state index < -0.39 is 11.5 Å². The number of aromatic nitrogens is 5. The monoisotopic (exact) mass is 618 g/mol. The van der Waals surface area contributed by atoms with E-state index in [0.717, 1.165) is 19.4 Å². The highest BCUT2D eigenvalue weighted by molar-refractivity contribution is 6.34. The van der Waals surface area contributed by atoms with Crippen LogP contribution in [0.3, 0.4) is 0 Å². The second-order valence-electron chi connectivity index (χ2n) is 11.6. The van der Waals surface area contributed by atoms with Crippen LogP contribution in [0.4, 0.5) is 29.2 Å². The first kappa shape index (κ1) is 29.7. The average molecular weight is 619 g/mol. The van der Waals surface area contributed by atoms with E-state index >= 15 is 0 Å². The summed E-state index contributed by atoms with van der Waals surface area (Å²) in [6.07, 6.45) is 1.66. The number of aromatic amines is 1. The number of benzene rings is 2. The lowest BCUT2D eigenvalue weighted by molar-refractivity contribution is 0.102. The number of piperidine rings is 2. The van der Waals surface area contributed by atoms with Crippen molar-refractivity contribution < 1.29 is 4.79 Å². The van der Waals surface area contributed by atoms with Crippen LogP contribution in [-0.4, -0.2) is 75.1 Å². The second kappa shape index (κ2) is 12.3. The average Bonchev–Trinajstić information content (AvgIpc) is 2.97. The lowest BCUT2D eigenvalue weighted by Gasteiger charge is -2.37. The molecule has 2 aliphatic heterocycles. The minimum absolute atomic E-state index is 0.00848. The van der Waals surface area contributed by atoms with E-state index in [4.69, 9.17) is 43.8 Å². The molecule has 9 N–H and O–H groups in total. The number of fused-ring (bicyclic) bond motifs is 1. The number of rotatable bonds is 6. The van der Waals surface area contributed by atoms with E-state index in [1.54, 1.807) is 42.5 Å². The third-order valence-electron chi connectivity index (χ3n) is 7.67. The number of H-pyrrole nitrogens is 1. The number of nitrogens with two attached hydrogens (primary N) is 3. The fourth-order valence-corrected chi connectivity index (χ4v) is 6.01. The van der Waals surface area contributed by atoms with Crippen LogP contribution in [0.5, 0.6) is 0 Å². The second-order valence-corrected chi connectivity index (χ2v) is 12.0. The molecule has 0 saturated carbocycles. The number of halogens is 1. The SMILES string of the molecule is C[C@@H]1C[C@H](N)CN(c2nc(Nc3ccc(NC(=O)c4nc5ccccc5[nH]c4=O)c(Cl)c3)nc(N3C[C@H](N)C[C@H](N)C3)n2)C1. The number of para-hydroxylation sites is 2. The van der Waals surface area contributed by atoms with Crippen LogP contribution in [0.1, 0.15) is 30.3 Å². The molecule has 14 nitrogen and oxygen atoms in total. The molecular weight excluding hydrogens is 584 g/mol. The molecule has 6 rings (SSSR count). The van der Waals surface area contributed by atoms with Gasteiger partial charge in [0, 0.05) is 50.0 Å². The van der Waals surface area contributed by atoms with Crippen LogP contribution < -0.4 is 43.2 Å². The minimum Gasteiger partial charge on any atom is -0.339 e. The van der Waals surface area contributed by atoms with E-state index in [0.29, 0.717) is 65.8 Å². The number of hydrogen-bond donors (Lipinski definition) is 6. The van der Waals surface area contributed by atoms with E-state index in [1.807, 2.05) is 4.90 Å². The molecule has 2 aliphatic rings. The van der Waals surface area contributed by atoms with Gasteiger partial charge in [0.25, 0.3) is 11.5 Å². The summed E-state index contributed by atoms with van der Waals surface area (Å²) in [7, 11) is 0. The van der Waals surface area contributed by atoms with Gasteiger partial charge < -0.3 is 42.6 Å². The molecule has 0 aliphatic carbocycles. The zero-order chi connectivity index (χ0) is 31.0. The van der Waals surface area contributed by atoms with Crippen molar-refractivity contribution >= 4 is 57.8 Å². The van der Waals surface area contributed by atoms with Gasteiger partial charge >= 0.3 is 0 Å². The number of anilines is 5. The molecule has 230 valence electrons. The Morgan fingerprint density at radius 2 is 1.57 bits per heavy atom. The number of nitrogens with zero attached hydrogens (tertiary/aromatic N) is 6. The smallest absolute Gasteiger partial charge is 0.280 e. The molecule has 2 aromatic heterocycles. The third-order valence-corrected chi connectivity index (χ3v) is 7.99. The van der Waals surface area contributed by atoms with Gasteiger partial charge in [-0.3, -0.25) is 9.59 Å². The van der Waals surface area contributed by atoms with Gasteiger partial charge in [-0.25, -0.2) is 4.98 Å². The number of hydrogen-bond acceptors (Lipinski definition) is 12. The van der Waals surface area contributed by atoms with Gasteiger partial charge in [0.05, 0.1) is 21.7 Å². The van der Waals surface area contributed by atoms with E-state index in [-0.39, 0.29) is 28.8 Å². The standard InChI is InChI=1S/C29H35ClN12O2/c1-15-8-16(31)12-41(11-15)28-38-27(39-29(40-28)42-13-17(32)9-18(33)14-42)34-19-6-7-21(20(30)10-19)36-25(43)24-26(44)37-23-5-3-2-4-22(23)35-24/h2-7,10,15-18H,8-9,11-14,31-33H2,1H3,(H,36,43)(H,37,44)(H,34,38,39,40)/t15-,16+,17-,18+/m1/s1. The Morgan fingerprint density at radius 1 is 0.909 bits per heavy atom. The van der Waals surface area contributed by atoms with Crippen molar-refractivity contribution in [2.24, 2.45) is 23.1 Å². The normalized spacial score (nSPS) is 22.2. The predicted octanol–water partition coefficient (Wildman–Crippen LogP) is 1.80. The molecule has 2 aromatic carbocycles. The van der Waals surface area contributed by atoms with Crippen molar-refractivity contribution in [3.8, 4) is 0 Å². The highest BCUT2D eigenvalue weighted by Gasteiger charge is 2.28. The van der Waals surface area contributed by atoms with Crippen LogP contribution >= 0.6 is 11.6 Å². The highest BCUT2D eigenvalue weighted by Crippen LogP contribution is 2.29. The van der Waals surface area contributed by atoms with E-state index in [2.05, 4.69) is 32.4 Å². The number of carbonyl (C=O) groups excluding carboxylic acids is 1. The molecule has 0 radical (unpaired) electrons. The fraction of sp³-hybridized carbons (Fsp3) is 0.379.